The molecule has 31 heavy (non-hydrogen) atoms. The number of piperidine rings is 2. The third-order valence-corrected chi connectivity index (χ3v) is 5.35. The van der Waals surface area contributed by atoms with E-state index in [4.69, 9.17) is 22.9 Å². The number of hydrazine groups is 1. The van der Waals surface area contributed by atoms with Gasteiger partial charge in [0.25, 0.3) is 0 Å². The van der Waals surface area contributed by atoms with Crippen LogP contribution in [0.15, 0.2) is 24.3 Å². The Hall–Kier alpha value is -2.80. The molecule has 0 aliphatic carbocycles. The number of benzene rings is 1. The van der Waals surface area contributed by atoms with Gasteiger partial charge in [-0.2, -0.15) is 15.0 Å². The van der Waals surface area contributed by atoms with Crippen LogP contribution in [0, 0.1) is 5.82 Å². The van der Waals surface area contributed by atoms with Crippen molar-refractivity contribution in [1.82, 2.24) is 15.0 Å². The number of nitrogens with one attached hydrogen (secondary N) is 2. The van der Waals surface area contributed by atoms with Crippen LogP contribution in [0.4, 0.5) is 27.9 Å². The summed E-state index contributed by atoms with van der Waals surface area (Å²) in [7, 11) is 0. The predicted octanol–water partition coefficient (Wildman–Crippen LogP) is -0.821. The van der Waals surface area contributed by atoms with E-state index in [9.17, 15) is 4.39 Å². The molecule has 12 heteroatoms. The first-order valence-corrected chi connectivity index (χ1v) is 10.4. The van der Waals surface area contributed by atoms with Gasteiger partial charge in [-0.05, 0) is 31.0 Å². The zero-order chi connectivity index (χ0) is 22.0. The Balaban J connectivity index is 1.61. The van der Waals surface area contributed by atoms with Gasteiger partial charge in [0.2, 0.25) is 17.8 Å². The molecule has 2 aromatic rings. The molecular weight excluding hydrogens is 401 g/mol. The SMILES string of the molecule is NC1CC(N)CN(c2nc(NNc3cccc(F)c3)nc(N3CC(N)CC(N)C3)n2)C1. The zero-order valence-electron chi connectivity index (χ0n) is 17.3. The topological polar surface area (TPSA) is 173 Å². The second kappa shape index (κ2) is 9.14. The standard InChI is InChI=1S/C19H30FN11/c20-11-2-1-3-16(4-11)28-29-17-25-18(30-7-12(21)5-13(22)8-30)27-19(26-17)31-9-14(23)6-15(24)10-31/h1-4,12-15,28H,5-10,21-24H2,(H,25,26,27,29). The van der Waals surface area contributed by atoms with E-state index in [1.165, 1.54) is 12.1 Å². The van der Waals surface area contributed by atoms with Crippen molar-refractivity contribution >= 4 is 23.5 Å². The summed E-state index contributed by atoms with van der Waals surface area (Å²) >= 11 is 0. The Kier molecular flexibility index (Phi) is 6.32. The lowest BCUT2D eigenvalue weighted by atomic mass is 10.0. The van der Waals surface area contributed by atoms with E-state index >= 15 is 0 Å². The molecule has 0 spiro atoms. The maximum atomic E-state index is 13.5. The number of hydrogen-bond donors (Lipinski definition) is 6. The molecule has 2 aliphatic heterocycles. The zero-order valence-corrected chi connectivity index (χ0v) is 17.3. The Morgan fingerprint density at radius 2 is 1.29 bits per heavy atom. The maximum Gasteiger partial charge on any atom is 0.248 e. The smallest absolute Gasteiger partial charge is 0.248 e. The Labute approximate surface area is 180 Å². The Bertz CT molecular complexity index is 833. The minimum Gasteiger partial charge on any atom is -0.338 e. The monoisotopic (exact) mass is 431 g/mol. The molecule has 3 heterocycles. The summed E-state index contributed by atoms with van der Waals surface area (Å²) in [5, 5.41) is 0. The first kappa shape index (κ1) is 21.4. The van der Waals surface area contributed by atoms with E-state index in [1.54, 1.807) is 12.1 Å². The third kappa shape index (κ3) is 5.47. The number of halogens is 1. The van der Waals surface area contributed by atoms with Gasteiger partial charge >= 0.3 is 0 Å². The summed E-state index contributed by atoms with van der Waals surface area (Å²) in [6.45, 7) is 2.36. The molecule has 2 saturated heterocycles. The fraction of sp³-hybridized carbons (Fsp3) is 0.526. The van der Waals surface area contributed by atoms with Gasteiger partial charge in [-0.15, -0.1) is 0 Å². The number of nitrogens with two attached hydrogens (primary N) is 4. The van der Waals surface area contributed by atoms with Crippen molar-refractivity contribution in [3.05, 3.63) is 30.1 Å². The van der Waals surface area contributed by atoms with Crippen molar-refractivity contribution in [2.45, 2.75) is 37.0 Å². The number of hydrogen-bond acceptors (Lipinski definition) is 11. The van der Waals surface area contributed by atoms with Gasteiger partial charge in [-0.25, -0.2) is 4.39 Å². The van der Waals surface area contributed by atoms with Crippen LogP contribution in [0.2, 0.25) is 0 Å². The third-order valence-electron chi connectivity index (χ3n) is 5.35. The minimum atomic E-state index is -0.351. The molecular formula is C19H30FN11. The van der Waals surface area contributed by atoms with Gasteiger partial charge < -0.3 is 32.7 Å². The molecule has 4 unspecified atom stereocenters. The number of aromatic nitrogens is 3. The van der Waals surface area contributed by atoms with Gasteiger partial charge in [-0.3, -0.25) is 10.9 Å². The number of anilines is 4. The van der Waals surface area contributed by atoms with E-state index in [-0.39, 0.29) is 35.9 Å². The normalized spacial score (nSPS) is 26.6. The van der Waals surface area contributed by atoms with Crippen molar-refractivity contribution in [2.24, 2.45) is 22.9 Å². The molecule has 1 aromatic carbocycles. The second-order valence-electron chi connectivity index (χ2n) is 8.34. The fourth-order valence-corrected chi connectivity index (χ4v) is 4.07. The summed E-state index contributed by atoms with van der Waals surface area (Å²) in [4.78, 5) is 17.7. The molecule has 0 amide bonds. The summed E-state index contributed by atoms with van der Waals surface area (Å²) in [5.41, 5.74) is 31.0. The lowest BCUT2D eigenvalue weighted by molar-refractivity contribution is 0.441. The van der Waals surface area contributed by atoms with Crippen LogP contribution in [-0.2, 0) is 0 Å². The van der Waals surface area contributed by atoms with Crippen LogP contribution in [0.5, 0.6) is 0 Å². The van der Waals surface area contributed by atoms with E-state index in [0.29, 0.717) is 43.8 Å². The molecule has 2 aliphatic rings. The predicted molar refractivity (Wildman–Crippen MR) is 119 cm³/mol. The molecule has 1 aromatic heterocycles. The van der Waals surface area contributed by atoms with Crippen molar-refractivity contribution in [1.29, 1.82) is 0 Å². The van der Waals surface area contributed by atoms with E-state index in [2.05, 4.69) is 25.8 Å². The van der Waals surface area contributed by atoms with Gasteiger partial charge in [0, 0.05) is 50.3 Å². The van der Waals surface area contributed by atoms with E-state index in [0.717, 1.165) is 12.8 Å². The quantitative estimate of drug-likeness (QED) is 0.326. The van der Waals surface area contributed by atoms with Crippen LogP contribution < -0.4 is 43.6 Å². The first-order chi connectivity index (χ1) is 14.9. The van der Waals surface area contributed by atoms with Crippen LogP contribution >= 0.6 is 0 Å². The average molecular weight is 432 g/mol. The molecule has 0 saturated carbocycles. The maximum absolute atomic E-state index is 13.5. The van der Waals surface area contributed by atoms with Crippen molar-refractivity contribution in [2.75, 3.05) is 46.8 Å². The first-order valence-electron chi connectivity index (χ1n) is 10.4. The highest BCUT2D eigenvalue weighted by Gasteiger charge is 2.28. The highest BCUT2D eigenvalue weighted by Crippen LogP contribution is 2.22. The molecule has 10 N–H and O–H groups in total. The molecule has 168 valence electrons. The van der Waals surface area contributed by atoms with Crippen molar-refractivity contribution in [3.8, 4) is 0 Å². The lowest BCUT2D eigenvalue weighted by Crippen LogP contribution is -2.54. The van der Waals surface area contributed by atoms with Gasteiger partial charge in [0.05, 0.1) is 5.69 Å². The Morgan fingerprint density at radius 3 is 1.77 bits per heavy atom. The van der Waals surface area contributed by atoms with Crippen LogP contribution in [0.1, 0.15) is 12.8 Å². The summed E-state index contributed by atoms with van der Waals surface area (Å²) in [6.07, 6.45) is 1.49. The summed E-state index contributed by atoms with van der Waals surface area (Å²) in [6, 6.07) is 5.80. The molecule has 0 radical (unpaired) electrons. The summed E-state index contributed by atoms with van der Waals surface area (Å²) < 4.78 is 13.5. The molecule has 2 fully saturated rings. The van der Waals surface area contributed by atoms with E-state index in [1.807, 2.05) is 9.80 Å². The van der Waals surface area contributed by atoms with Gasteiger partial charge in [-0.1, -0.05) is 6.07 Å². The molecule has 4 rings (SSSR count). The van der Waals surface area contributed by atoms with Crippen LogP contribution in [0.25, 0.3) is 0 Å². The van der Waals surface area contributed by atoms with E-state index < -0.39 is 0 Å². The van der Waals surface area contributed by atoms with Crippen molar-refractivity contribution in [3.63, 3.8) is 0 Å². The molecule has 11 nitrogen and oxygen atoms in total. The van der Waals surface area contributed by atoms with Crippen LogP contribution in [-0.4, -0.2) is 65.3 Å². The van der Waals surface area contributed by atoms with Gasteiger partial charge in [0.15, 0.2) is 0 Å². The molecule has 0 bridgehead atoms. The summed E-state index contributed by atoms with van der Waals surface area (Å²) in [5.74, 6) is 0.861. The molecule has 4 atom stereocenters. The highest BCUT2D eigenvalue weighted by molar-refractivity contribution is 5.51. The number of rotatable bonds is 5. The minimum absolute atomic E-state index is 0.0670. The van der Waals surface area contributed by atoms with Crippen molar-refractivity contribution < 1.29 is 4.39 Å². The highest BCUT2D eigenvalue weighted by atomic mass is 19.1. The second-order valence-corrected chi connectivity index (χ2v) is 8.34. The lowest BCUT2D eigenvalue weighted by Gasteiger charge is -2.37. The van der Waals surface area contributed by atoms with Gasteiger partial charge in [0.1, 0.15) is 5.82 Å². The van der Waals surface area contributed by atoms with Crippen LogP contribution in [0.3, 0.4) is 0 Å². The largest absolute Gasteiger partial charge is 0.338 e. The fourth-order valence-electron chi connectivity index (χ4n) is 4.07. The average Bonchev–Trinajstić information content (AvgIpc) is 2.71. The number of nitrogens with zero attached hydrogens (tertiary/aromatic N) is 5. The Morgan fingerprint density at radius 1 is 0.774 bits per heavy atom.